The molecule has 1 fully saturated rings. The summed E-state index contributed by atoms with van der Waals surface area (Å²) in [6.45, 7) is 8.20. The number of carbonyl (C=O) groups is 1. The van der Waals surface area contributed by atoms with Crippen LogP contribution < -0.4 is 0 Å². The highest BCUT2D eigenvalue weighted by Crippen LogP contribution is 2.28. The highest BCUT2D eigenvalue weighted by Gasteiger charge is 2.37. The molecule has 0 bridgehead atoms. The fourth-order valence-corrected chi connectivity index (χ4v) is 1.93. The van der Waals surface area contributed by atoms with Crippen LogP contribution in [-0.4, -0.2) is 44.4 Å². The van der Waals surface area contributed by atoms with Gasteiger partial charge in [-0.25, -0.2) is 4.79 Å². The van der Waals surface area contributed by atoms with Crippen LogP contribution in [0.2, 0.25) is 0 Å². The van der Waals surface area contributed by atoms with Crippen LogP contribution >= 0.6 is 0 Å². The molecular formula is C11H17N3O2. The standard InChI is InChI=1S/C11H17N3O2/c1-11(2,3)13-6-8(7-13)14-9(10(15)16)4-5-12-14/h4-5,8H,6-7H2,1-3H3,(H,15,16). The van der Waals surface area contributed by atoms with Crippen molar-refractivity contribution in [1.82, 2.24) is 14.7 Å². The highest BCUT2D eigenvalue weighted by molar-refractivity contribution is 5.85. The number of likely N-dealkylation sites (tertiary alicyclic amines) is 1. The molecule has 1 N–H and O–H groups in total. The fraction of sp³-hybridized carbons (Fsp3) is 0.636. The van der Waals surface area contributed by atoms with E-state index in [0.717, 1.165) is 13.1 Å². The first-order valence-electron chi connectivity index (χ1n) is 5.41. The number of aromatic nitrogens is 2. The summed E-state index contributed by atoms with van der Waals surface area (Å²) in [5.41, 5.74) is 0.422. The molecule has 0 aliphatic carbocycles. The zero-order valence-corrected chi connectivity index (χ0v) is 9.84. The van der Waals surface area contributed by atoms with Gasteiger partial charge in [-0.3, -0.25) is 9.58 Å². The summed E-state index contributed by atoms with van der Waals surface area (Å²) in [5, 5.41) is 13.1. The monoisotopic (exact) mass is 223 g/mol. The van der Waals surface area contributed by atoms with Gasteiger partial charge in [-0.05, 0) is 26.8 Å². The van der Waals surface area contributed by atoms with Crippen LogP contribution in [0, 0.1) is 0 Å². The second-order valence-electron chi connectivity index (χ2n) is 5.20. The lowest BCUT2D eigenvalue weighted by atomic mass is 9.97. The van der Waals surface area contributed by atoms with Gasteiger partial charge in [0.25, 0.3) is 0 Å². The summed E-state index contributed by atoms with van der Waals surface area (Å²) in [7, 11) is 0. The normalized spacial score (nSPS) is 18.4. The second kappa shape index (κ2) is 3.59. The number of hydrogen-bond donors (Lipinski definition) is 1. The summed E-state index contributed by atoms with van der Waals surface area (Å²) in [6, 6.07) is 1.74. The maximum atomic E-state index is 10.9. The molecule has 1 aliphatic rings. The first-order chi connectivity index (χ1) is 7.39. The third kappa shape index (κ3) is 1.82. The van der Waals surface area contributed by atoms with Crippen LogP contribution in [0.1, 0.15) is 37.3 Å². The number of carboxylic acid groups (broad SMARTS) is 1. The first kappa shape index (κ1) is 11.1. The average molecular weight is 223 g/mol. The summed E-state index contributed by atoms with van der Waals surface area (Å²) >= 11 is 0. The summed E-state index contributed by atoms with van der Waals surface area (Å²) < 4.78 is 1.62. The van der Waals surface area contributed by atoms with Crippen molar-refractivity contribution in [2.75, 3.05) is 13.1 Å². The van der Waals surface area contributed by atoms with Gasteiger partial charge in [0.15, 0.2) is 0 Å². The van der Waals surface area contributed by atoms with Crippen molar-refractivity contribution < 1.29 is 9.90 Å². The molecule has 1 saturated heterocycles. The SMILES string of the molecule is CC(C)(C)N1CC(n2nccc2C(=O)O)C1. The van der Waals surface area contributed by atoms with Crippen LogP contribution in [0.5, 0.6) is 0 Å². The maximum absolute atomic E-state index is 10.9. The van der Waals surface area contributed by atoms with Gasteiger partial charge >= 0.3 is 5.97 Å². The van der Waals surface area contributed by atoms with Gasteiger partial charge in [-0.1, -0.05) is 0 Å². The lowest BCUT2D eigenvalue weighted by Gasteiger charge is -2.47. The molecule has 0 aromatic carbocycles. The molecule has 0 unspecified atom stereocenters. The Labute approximate surface area is 94.7 Å². The molecule has 1 aliphatic heterocycles. The van der Waals surface area contributed by atoms with E-state index in [1.54, 1.807) is 16.9 Å². The minimum atomic E-state index is -0.910. The van der Waals surface area contributed by atoms with Crippen LogP contribution in [-0.2, 0) is 0 Å². The third-order valence-electron chi connectivity index (χ3n) is 3.05. The lowest BCUT2D eigenvalue weighted by Crippen LogP contribution is -2.56. The smallest absolute Gasteiger partial charge is 0.354 e. The number of aromatic carboxylic acids is 1. The molecule has 88 valence electrons. The molecule has 1 aromatic heterocycles. The van der Waals surface area contributed by atoms with E-state index >= 15 is 0 Å². The van der Waals surface area contributed by atoms with Gasteiger partial charge in [-0.2, -0.15) is 5.10 Å². The minimum absolute atomic E-state index is 0.146. The molecule has 2 rings (SSSR count). The van der Waals surface area contributed by atoms with E-state index < -0.39 is 5.97 Å². The fourth-order valence-electron chi connectivity index (χ4n) is 1.93. The molecular weight excluding hydrogens is 206 g/mol. The molecule has 0 spiro atoms. The van der Waals surface area contributed by atoms with E-state index in [1.165, 1.54) is 0 Å². The average Bonchev–Trinajstić information content (AvgIpc) is 2.46. The summed E-state index contributed by atoms with van der Waals surface area (Å²) in [5.74, 6) is -0.910. The molecule has 16 heavy (non-hydrogen) atoms. The quantitative estimate of drug-likeness (QED) is 0.819. The lowest BCUT2D eigenvalue weighted by molar-refractivity contribution is 0.0134. The van der Waals surface area contributed by atoms with Crippen molar-refractivity contribution in [2.24, 2.45) is 0 Å². The summed E-state index contributed by atoms with van der Waals surface area (Å²) in [6.07, 6.45) is 1.54. The van der Waals surface area contributed by atoms with Crippen molar-refractivity contribution in [1.29, 1.82) is 0 Å². The van der Waals surface area contributed by atoms with Gasteiger partial charge in [0, 0.05) is 24.8 Å². The van der Waals surface area contributed by atoms with E-state index in [9.17, 15) is 4.79 Å². The van der Waals surface area contributed by atoms with Gasteiger partial charge in [-0.15, -0.1) is 0 Å². The van der Waals surface area contributed by atoms with Crippen LogP contribution in [0.4, 0.5) is 0 Å². The van der Waals surface area contributed by atoms with Gasteiger partial charge < -0.3 is 5.11 Å². The topological polar surface area (TPSA) is 58.4 Å². The van der Waals surface area contributed by atoms with Crippen molar-refractivity contribution >= 4 is 5.97 Å². The molecule has 5 nitrogen and oxygen atoms in total. The Kier molecular flexibility index (Phi) is 2.50. The zero-order valence-electron chi connectivity index (χ0n) is 9.84. The van der Waals surface area contributed by atoms with Gasteiger partial charge in [0.05, 0.1) is 6.04 Å². The second-order valence-corrected chi connectivity index (χ2v) is 5.20. The molecule has 0 atom stereocenters. The molecule has 0 saturated carbocycles. The number of hydrogen-bond acceptors (Lipinski definition) is 3. The van der Waals surface area contributed by atoms with Crippen molar-refractivity contribution in [3.63, 3.8) is 0 Å². The number of carboxylic acids is 1. The molecule has 1 aromatic rings. The molecule has 2 heterocycles. The Morgan fingerprint density at radius 2 is 2.12 bits per heavy atom. The number of nitrogens with zero attached hydrogens (tertiary/aromatic N) is 3. The van der Waals surface area contributed by atoms with Crippen molar-refractivity contribution in [3.8, 4) is 0 Å². The zero-order chi connectivity index (χ0) is 11.9. The third-order valence-corrected chi connectivity index (χ3v) is 3.05. The number of rotatable bonds is 2. The Bertz CT molecular complexity index is 400. The Morgan fingerprint density at radius 1 is 1.50 bits per heavy atom. The van der Waals surface area contributed by atoms with E-state index in [-0.39, 0.29) is 17.3 Å². The molecule has 5 heteroatoms. The van der Waals surface area contributed by atoms with Gasteiger partial charge in [0.1, 0.15) is 5.69 Å². The Morgan fingerprint density at radius 3 is 2.62 bits per heavy atom. The highest BCUT2D eigenvalue weighted by atomic mass is 16.4. The summed E-state index contributed by atoms with van der Waals surface area (Å²) in [4.78, 5) is 13.2. The predicted octanol–water partition coefficient (Wildman–Crippen LogP) is 1.24. The minimum Gasteiger partial charge on any atom is -0.477 e. The van der Waals surface area contributed by atoms with Crippen LogP contribution in [0.15, 0.2) is 12.3 Å². The van der Waals surface area contributed by atoms with E-state index in [1.807, 2.05) is 0 Å². The van der Waals surface area contributed by atoms with Gasteiger partial charge in [0.2, 0.25) is 0 Å². The maximum Gasteiger partial charge on any atom is 0.354 e. The largest absolute Gasteiger partial charge is 0.477 e. The van der Waals surface area contributed by atoms with E-state index in [4.69, 9.17) is 5.11 Å². The van der Waals surface area contributed by atoms with Crippen molar-refractivity contribution in [2.45, 2.75) is 32.4 Å². The first-order valence-corrected chi connectivity index (χ1v) is 5.41. The van der Waals surface area contributed by atoms with Crippen molar-refractivity contribution in [3.05, 3.63) is 18.0 Å². The van der Waals surface area contributed by atoms with E-state index in [0.29, 0.717) is 0 Å². The molecule has 0 amide bonds. The Balaban J connectivity index is 2.07. The van der Waals surface area contributed by atoms with Crippen LogP contribution in [0.25, 0.3) is 0 Å². The Hall–Kier alpha value is -1.36. The molecule has 0 radical (unpaired) electrons. The van der Waals surface area contributed by atoms with E-state index in [2.05, 4.69) is 30.8 Å². The van der Waals surface area contributed by atoms with Crippen LogP contribution in [0.3, 0.4) is 0 Å². The predicted molar refractivity (Wildman–Crippen MR) is 59.5 cm³/mol.